The maximum atomic E-state index is 9.45. The predicted molar refractivity (Wildman–Crippen MR) is 83.9 cm³/mol. The number of aromatic hydroxyl groups is 1. The fraction of sp³-hybridized carbons (Fsp3) is 0.467. The summed E-state index contributed by atoms with van der Waals surface area (Å²) in [6.45, 7) is 2.59. The predicted octanol–water partition coefficient (Wildman–Crippen LogP) is 2.00. The molecule has 1 aromatic carbocycles. The zero-order valence-electron chi connectivity index (χ0n) is 12.2. The number of ether oxygens (including phenoxy) is 1. The molecule has 2 rings (SSSR count). The first-order valence-electron chi connectivity index (χ1n) is 7.07. The van der Waals surface area contributed by atoms with Gasteiger partial charge in [0.15, 0.2) is 0 Å². The molecule has 0 radical (unpaired) electrons. The first-order valence-corrected chi connectivity index (χ1v) is 7.88. The molecule has 0 saturated carbocycles. The molecule has 0 spiro atoms. The summed E-state index contributed by atoms with van der Waals surface area (Å²) in [5.41, 5.74) is 1.05. The molecule has 0 unspecified atom stereocenters. The molecule has 5 nitrogen and oxygen atoms in total. The van der Waals surface area contributed by atoms with Crippen molar-refractivity contribution in [2.24, 2.45) is 0 Å². The Morgan fingerprint density at radius 3 is 2.90 bits per heavy atom. The Balaban J connectivity index is 1.74. The first-order chi connectivity index (χ1) is 10.3. The van der Waals surface area contributed by atoms with Gasteiger partial charge in [0.05, 0.1) is 6.61 Å². The lowest BCUT2D eigenvalue weighted by Gasteiger charge is -2.01. The number of rotatable bonds is 9. The molecule has 1 aromatic heterocycles. The minimum Gasteiger partial charge on any atom is -0.508 e. The van der Waals surface area contributed by atoms with Gasteiger partial charge in [-0.1, -0.05) is 12.1 Å². The van der Waals surface area contributed by atoms with Gasteiger partial charge in [0.25, 0.3) is 0 Å². The van der Waals surface area contributed by atoms with E-state index in [1.54, 1.807) is 30.6 Å². The highest BCUT2D eigenvalue weighted by Gasteiger charge is 2.05. The van der Waals surface area contributed by atoms with E-state index in [9.17, 15) is 5.11 Å². The topological polar surface area (TPSA) is 67.3 Å². The second-order valence-corrected chi connectivity index (χ2v) is 5.93. The van der Waals surface area contributed by atoms with Crippen LogP contribution in [0.2, 0.25) is 0 Å². The van der Waals surface area contributed by atoms with Gasteiger partial charge < -0.3 is 15.2 Å². The lowest BCUT2D eigenvalue weighted by molar-refractivity contribution is 0.199. The lowest BCUT2D eigenvalue weighted by Crippen LogP contribution is -2.20. The van der Waals surface area contributed by atoms with Gasteiger partial charge in [-0.2, -0.15) is 0 Å². The van der Waals surface area contributed by atoms with Crippen LogP contribution in [-0.2, 0) is 17.6 Å². The molecule has 6 heteroatoms. The van der Waals surface area contributed by atoms with Crippen LogP contribution in [0.1, 0.15) is 22.0 Å². The first kappa shape index (κ1) is 15.9. The van der Waals surface area contributed by atoms with E-state index in [0.29, 0.717) is 5.75 Å². The largest absolute Gasteiger partial charge is 0.508 e. The van der Waals surface area contributed by atoms with Crippen molar-refractivity contribution in [3.63, 3.8) is 0 Å². The number of hydrogen-bond donors (Lipinski definition) is 2. The van der Waals surface area contributed by atoms with Crippen LogP contribution in [0.3, 0.4) is 0 Å². The Hall–Kier alpha value is -1.50. The summed E-state index contributed by atoms with van der Waals surface area (Å²) in [5, 5.41) is 23.3. The van der Waals surface area contributed by atoms with Crippen molar-refractivity contribution in [2.45, 2.75) is 19.3 Å². The molecular weight excluding hydrogens is 286 g/mol. The Morgan fingerprint density at radius 2 is 2.10 bits per heavy atom. The monoisotopic (exact) mass is 307 g/mol. The Kier molecular flexibility index (Phi) is 6.59. The Labute approximate surface area is 129 Å². The SMILES string of the molecule is COCCNCCCc1nnc(Cc2cccc(O)c2)s1. The molecule has 114 valence electrons. The third-order valence-corrected chi connectivity index (χ3v) is 3.98. The Bertz CT molecular complexity index is 545. The van der Waals surface area contributed by atoms with Crippen LogP contribution in [0.15, 0.2) is 24.3 Å². The summed E-state index contributed by atoms with van der Waals surface area (Å²) in [6.07, 6.45) is 2.71. The van der Waals surface area contributed by atoms with Crippen LogP contribution in [0, 0.1) is 0 Å². The van der Waals surface area contributed by atoms with Crippen molar-refractivity contribution in [2.75, 3.05) is 26.8 Å². The van der Waals surface area contributed by atoms with Crippen molar-refractivity contribution in [3.8, 4) is 5.75 Å². The number of aromatic nitrogens is 2. The van der Waals surface area contributed by atoms with Gasteiger partial charge in [-0.05, 0) is 30.7 Å². The van der Waals surface area contributed by atoms with Gasteiger partial charge in [-0.3, -0.25) is 0 Å². The highest BCUT2D eigenvalue weighted by Crippen LogP contribution is 2.18. The minimum absolute atomic E-state index is 0.291. The molecule has 0 aliphatic rings. The highest BCUT2D eigenvalue weighted by atomic mass is 32.1. The molecule has 0 aliphatic carbocycles. The molecule has 1 heterocycles. The standard InChI is InChI=1S/C15H21N3O2S/c1-20-9-8-16-7-3-6-14-17-18-15(21-14)11-12-4-2-5-13(19)10-12/h2,4-5,10,16,19H,3,6-9,11H2,1H3. The second kappa shape index (κ2) is 8.71. The van der Waals surface area contributed by atoms with Crippen LogP contribution >= 0.6 is 11.3 Å². The average molecular weight is 307 g/mol. The van der Waals surface area contributed by atoms with Crippen LogP contribution in [0.5, 0.6) is 5.75 Å². The van der Waals surface area contributed by atoms with Gasteiger partial charge in [0.2, 0.25) is 0 Å². The van der Waals surface area contributed by atoms with Gasteiger partial charge in [0, 0.05) is 26.5 Å². The molecule has 0 bridgehead atoms. The molecular formula is C15H21N3O2S. The van der Waals surface area contributed by atoms with E-state index in [1.807, 2.05) is 12.1 Å². The molecule has 0 atom stereocenters. The zero-order chi connectivity index (χ0) is 14.9. The fourth-order valence-corrected chi connectivity index (χ4v) is 2.89. The highest BCUT2D eigenvalue weighted by molar-refractivity contribution is 7.11. The van der Waals surface area contributed by atoms with Gasteiger partial charge in [-0.15, -0.1) is 21.5 Å². The number of benzene rings is 1. The van der Waals surface area contributed by atoms with Gasteiger partial charge >= 0.3 is 0 Å². The smallest absolute Gasteiger partial charge is 0.121 e. The second-order valence-electron chi connectivity index (χ2n) is 4.78. The average Bonchev–Trinajstić information content (AvgIpc) is 2.90. The molecule has 0 fully saturated rings. The van der Waals surface area contributed by atoms with Crippen LogP contribution in [-0.4, -0.2) is 42.1 Å². The minimum atomic E-state index is 0.291. The normalized spacial score (nSPS) is 10.9. The molecule has 0 aliphatic heterocycles. The number of aryl methyl sites for hydroxylation is 1. The zero-order valence-corrected chi connectivity index (χ0v) is 13.0. The van der Waals surface area contributed by atoms with Crippen molar-refractivity contribution in [1.29, 1.82) is 0 Å². The van der Waals surface area contributed by atoms with E-state index in [-0.39, 0.29) is 0 Å². The van der Waals surface area contributed by atoms with E-state index in [1.165, 1.54) is 0 Å². The van der Waals surface area contributed by atoms with Crippen LogP contribution < -0.4 is 5.32 Å². The molecule has 0 amide bonds. The maximum Gasteiger partial charge on any atom is 0.121 e. The van der Waals surface area contributed by atoms with E-state index in [4.69, 9.17) is 4.74 Å². The van der Waals surface area contributed by atoms with Crippen molar-refractivity contribution in [3.05, 3.63) is 39.8 Å². The molecule has 0 saturated heterocycles. The third-order valence-electron chi connectivity index (χ3n) is 3.00. The summed E-state index contributed by atoms with van der Waals surface area (Å²) >= 11 is 1.65. The quantitative estimate of drug-likeness (QED) is 0.694. The van der Waals surface area contributed by atoms with Crippen LogP contribution in [0.4, 0.5) is 0 Å². The summed E-state index contributed by atoms with van der Waals surface area (Å²) < 4.78 is 4.97. The van der Waals surface area contributed by atoms with Crippen LogP contribution in [0.25, 0.3) is 0 Å². The van der Waals surface area contributed by atoms with Crippen molar-refractivity contribution >= 4 is 11.3 Å². The van der Waals surface area contributed by atoms with Crippen molar-refractivity contribution < 1.29 is 9.84 Å². The van der Waals surface area contributed by atoms with Crippen molar-refractivity contribution in [1.82, 2.24) is 15.5 Å². The van der Waals surface area contributed by atoms with Gasteiger partial charge in [-0.25, -0.2) is 0 Å². The molecule has 2 aromatic rings. The number of hydrogen-bond acceptors (Lipinski definition) is 6. The summed E-state index contributed by atoms with van der Waals surface area (Å²) in [6, 6.07) is 7.27. The number of methoxy groups -OCH3 is 1. The van der Waals surface area contributed by atoms with E-state index >= 15 is 0 Å². The lowest BCUT2D eigenvalue weighted by atomic mass is 10.1. The summed E-state index contributed by atoms with van der Waals surface area (Å²) in [4.78, 5) is 0. The van der Waals surface area contributed by atoms with E-state index in [0.717, 1.165) is 54.5 Å². The summed E-state index contributed by atoms with van der Waals surface area (Å²) in [7, 11) is 1.71. The van der Waals surface area contributed by atoms with E-state index < -0.39 is 0 Å². The van der Waals surface area contributed by atoms with Gasteiger partial charge in [0.1, 0.15) is 15.8 Å². The number of phenols is 1. The number of nitrogens with one attached hydrogen (secondary N) is 1. The number of nitrogens with zero attached hydrogens (tertiary/aromatic N) is 2. The molecule has 21 heavy (non-hydrogen) atoms. The summed E-state index contributed by atoms with van der Waals surface area (Å²) in [5.74, 6) is 0.291. The number of phenolic OH excluding ortho intramolecular Hbond substituents is 1. The molecule has 2 N–H and O–H groups in total. The fourth-order valence-electron chi connectivity index (χ4n) is 1.97. The third kappa shape index (κ3) is 5.79. The maximum absolute atomic E-state index is 9.45. The van der Waals surface area contributed by atoms with E-state index in [2.05, 4.69) is 15.5 Å². The Morgan fingerprint density at radius 1 is 1.24 bits per heavy atom.